The molecule has 0 spiro atoms. The minimum atomic E-state index is 0.684. The van der Waals surface area contributed by atoms with Crippen molar-refractivity contribution in [2.45, 2.75) is 0 Å². The Morgan fingerprint density at radius 3 is 0.705 bits per heavy atom. The summed E-state index contributed by atoms with van der Waals surface area (Å²) in [5.41, 5.74) is 5.73. The van der Waals surface area contributed by atoms with Crippen LogP contribution in [0, 0.1) is 0 Å². The van der Waals surface area contributed by atoms with Gasteiger partial charge in [0.2, 0.25) is 11.9 Å². The largest absolute Gasteiger partial charge is 0.326 e. The van der Waals surface area contributed by atoms with Gasteiger partial charge in [0.15, 0.2) is 0 Å². The van der Waals surface area contributed by atoms with Crippen LogP contribution in [0.25, 0.3) is 0 Å². The topological polar surface area (TPSA) is 72.8 Å². The summed E-state index contributed by atoms with van der Waals surface area (Å²) < 4.78 is 0. The summed E-state index contributed by atoms with van der Waals surface area (Å²) in [5, 5.41) is 13.3. The van der Waals surface area contributed by atoms with E-state index < -0.39 is 0 Å². The Bertz CT molecular complexity index is 1490. The normalized spacial score (nSPS) is 9.82. The van der Waals surface area contributed by atoms with Crippen LogP contribution in [-0.4, -0.2) is 11.9 Å². The summed E-state index contributed by atoms with van der Waals surface area (Å²) in [6, 6.07) is 59.7. The van der Waals surface area contributed by atoms with E-state index in [9.17, 15) is 0 Å². The van der Waals surface area contributed by atoms with Crippen LogP contribution >= 0.6 is 0 Å². The van der Waals surface area contributed by atoms with E-state index in [4.69, 9.17) is 0 Å². The van der Waals surface area contributed by atoms with Crippen molar-refractivity contribution < 1.29 is 0 Å². The molecule has 0 heterocycles. The van der Waals surface area contributed by atoms with Crippen LogP contribution in [-0.2, 0) is 0 Å². The summed E-state index contributed by atoms with van der Waals surface area (Å²) >= 11 is 0. The van der Waals surface area contributed by atoms with Gasteiger partial charge in [-0.25, -0.2) is 9.98 Å². The summed E-state index contributed by atoms with van der Waals surface area (Å²) in [7, 11) is 0. The molecule has 6 rings (SSSR count). The van der Waals surface area contributed by atoms with Crippen molar-refractivity contribution >= 4 is 46.0 Å². The first kappa shape index (κ1) is 29.4. The average Bonchev–Trinajstić information content (AvgIpc) is 3.08. The highest BCUT2D eigenvalue weighted by molar-refractivity contribution is 6.05. The number of para-hydroxylation sites is 6. The highest BCUT2D eigenvalue weighted by atomic mass is 15.2. The van der Waals surface area contributed by atoms with Gasteiger partial charge in [0.05, 0.1) is 11.4 Å². The van der Waals surface area contributed by atoms with E-state index in [1.165, 1.54) is 0 Å². The Morgan fingerprint density at radius 1 is 0.273 bits per heavy atom. The third-order valence-corrected chi connectivity index (χ3v) is 6.14. The van der Waals surface area contributed by atoms with E-state index in [-0.39, 0.29) is 0 Å². The SMILES string of the molecule is c1ccc(N=C(Nc2ccccc2)Nc2ccccc2)cc1.c1ccc(N=C(Nc2ccccc2)Nc2ccccc2)cc1. The number of hydrogen-bond acceptors (Lipinski definition) is 2. The molecule has 6 aromatic carbocycles. The molecule has 216 valence electrons. The molecule has 6 aromatic rings. The van der Waals surface area contributed by atoms with Gasteiger partial charge in [-0.3, -0.25) is 0 Å². The zero-order valence-corrected chi connectivity index (χ0v) is 24.2. The Morgan fingerprint density at radius 2 is 0.477 bits per heavy atom. The smallest absolute Gasteiger partial charge is 0.205 e. The van der Waals surface area contributed by atoms with E-state index in [0.717, 1.165) is 34.1 Å². The maximum Gasteiger partial charge on any atom is 0.205 e. The molecule has 0 bridgehead atoms. The summed E-state index contributed by atoms with van der Waals surface area (Å²) in [4.78, 5) is 9.29. The van der Waals surface area contributed by atoms with Gasteiger partial charge < -0.3 is 21.3 Å². The standard InChI is InChI=1S/2C19H17N3/c2*1-4-10-16(11-5-1)20-19(21-17-12-6-2-7-13-17)22-18-14-8-3-9-15-18/h2*1-15H,(H2,20,21,22). The lowest BCUT2D eigenvalue weighted by molar-refractivity contribution is 1.45. The van der Waals surface area contributed by atoms with E-state index in [1.54, 1.807) is 0 Å². The van der Waals surface area contributed by atoms with Crippen LogP contribution in [0.2, 0.25) is 0 Å². The number of anilines is 4. The first-order valence-electron chi connectivity index (χ1n) is 14.4. The molecule has 0 amide bonds. The van der Waals surface area contributed by atoms with E-state index in [1.807, 2.05) is 182 Å². The molecule has 0 aliphatic carbocycles. The van der Waals surface area contributed by atoms with Crippen molar-refractivity contribution in [3.05, 3.63) is 182 Å². The highest BCUT2D eigenvalue weighted by Crippen LogP contribution is 2.16. The van der Waals surface area contributed by atoms with Crippen LogP contribution in [0.4, 0.5) is 34.1 Å². The second-order valence-electron chi connectivity index (χ2n) is 9.56. The van der Waals surface area contributed by atoms with Crippen LogP contribution in [0.15, 0.2) is 192 Å². The quantitative estimate of drug-likeness (QED) is 0.118. The Hall–Kier alpha value is -6.14. The van der Waals surface area contributed by atoms with Crippen molar-refractivity contribution in [3.63, 3.8) is 0 Å². The average molecular weight is 575 g/mol. The highest BCUT2D eigenvalue weighted by Gasteiger charge is 2.03. The molecule has 0 atom stereocenters. The van der Waals surface area contributed by atoms with Crippen LogP contribution in [0.5, 0.6) is 0 Å². The van der Waals surface area contributed by atoms with Gasteiger partial charge in [0.1, 0.15) is 0 Å². The molecule has 0 saturated carbocycles. The first-order chi connectivity index (χ1) is 21.8. The predicted molar refractivity (Wildman–Crippen MR) is 187 cm³/mol. The second kappa shape index (κ2) is 16.3. The number of rotatable bonds is 6. The van der Waals surface area contributed by atoms with Crippen molar-refractivity contribution in [2.75, 3.05) is 21.3 Å². The molecule has 0 aromatic heterocycles. The molecule has 0 unspecified atom stereocenters. The van der Waals surface area contributed by atoms with Crippen molar-refractivity contribution in [1.82, 2.24) is 0 Å². The molecule has 4 N–H and O–H groups in total. The Balaban J connectivity index is 0.000000175. The van der Waals surface area contributed by atoms with E-state index >= 15 is 0 Å². The fourth-order valence-corrected chi connectivity index (χ4v) is 4.07. The van der Waals surface area contributed by atoms with Gasteiger partial charge in [-0.05, 0) is 72.8 Å². The zero-order chi connectivity index (χ0) is 30.1. The van der Waals surface area contributed by atoms with Gasteiger partial charge in [-0.2, -0.15) is 0 Å². The molecule has 6 nitrogen and oxygen atoms in total. The third kappa shape index (κ3) is 10.0. The van der Waals surface area contributed by atoms with Gasteiger partial charge >= 0.3 is 0 Å². The van der Waals surface area contributed by atoms with Crippen molar-refractivity contribution in [1.29, 1.82) is 0 Å². The molecule has 0 radical (unpaired) electrons. The lowest BCUT2D eigenvalue weighted by Gasteiger charge is -2.12. The van der Waals surface area contributed by atoms with Gasteiger partial charge in [0, 0.05) is 22.7 Å². The fraction of sp³-hybridized carbons (Fsp3) is 0. The number of aliphatic imine (C=N–C) groups is 2. The fourth-order valence-electron chi connectivity index (χ4n) is 4.07. The maximum absolute atomic E-state index is 4.64. The molecular formula is C38H34N6. The molecular weight excluding hydrogens is 540 g/mol. The third-order valence-electron chi connectivity index (χ3n) is 6.14. The van der Waals surface area contributed by atoms with Crippen LogP contribution < -0.4 is 21.3 Å². The molecule has 44 heavy (non-hydrogen) atoms. The zero-order valence-electron chi connectivity index (χ0n) is 24.2. The summed E-state index contributed by atoms with van der Waals surface area (Å²) in [5.74, 6) is 1.37. The number of nitrogens with zero attached hydrogens (tertiary/aromatic N) is 2. The number of benzene rings is 6. The van der Waals surface area contributed by atoms with Crippen molar-refractivity contribution in [3.8, 4) is 0 Å². The Kier molecular flexibility index (Phi) is 10.9. The molecule has 0 aliphatic rings. The lowest BCUT2D eigenvalue weighted by Crippen LogP contribution is -2.21. The molecule has 6 heteroatoms. The number of hydrogen-bond donors (Lipinski definition) is 4. The summed E-state index contributed by atoms with van der Waals surface area (Å²) in [6.45, 7) is 0. The minimum absolute atomic E-state index is 0.684. The molecule has 0 aliphatic heterocycles. The molecule has 0 saturated heterocycles. The minimum Gasteiger partial charge on any atom is -0.326 e. The number of nitrogens with one attached hydrogen (secondary N) is 4. The van der Waals surface area contributed by atoms with Gasteiger partial charge in [-0.1, -0.05) is 109 Å². The lowest BCUT2D eigenvalue weighted by atomic mass is 10.3. The Labute approximate surface area is 258 Å². The van der Waals surface area contributed by atoms with Gasteiger partial charge in [0.25, 0.3) is 0 Å². The maximum atomic E-state index is 4.64. The van der Waals surface area contributed by atoms with Crippen molar-refractivity contribution in [2.24, 2.45) is 9.98 Å². The molecule has 0 fully saturated rings. The van der Waals surface area contributed by atoms with Crippen LogP contribution in [0.3, 0.4) is 0 Å². The first-order valence-corrected chi connectivity index (χ1v) is 14.4. The van der Waals surface area contributed by atoms with E-state index in [2.05, 4.69) is 31.3 Å². The second-order valence-corrected chi connectivity index (χ2v) is 9.56. The monoisotopic (exact) mass is 574 g/mol. The summed E-state index contributed by atoms with van der Waals surface area (Å²) in [6.07, 6.45) is 0. The van der Waals surface area contributed by atoms with E-state index in [0.29, 0.717) is 11.9 Å². The number of guanidine groups is 2. The van der Waals surface area contributed by atoms with Crippen LogP contribution in [0.1, 0.15) is 0 Å². The van der Waals surface area contributed by atoms with Gasteiger partial charge in [-0.15, -0.1) is 0 Å². The predicted octanol–water partition coefficient (Wildman–Crippen LogP) is 9.80.